The number of amides is 1. The first kappa shape index (κ1) is 18.7. The molecule has 0 saturated carbocycles. The molecule has 1 aromatic carbocycles. The third-order valence-corrected chi connectivity index (χ3v) is 4.92. The topological polar surface area (TPSA) is 72.7 Å². The summed E-state index contributed by atoms with van der Waals surface area (Å²) in [5.41, 5.74) is 0.982. The minimum atomic E-state index is -0.237. The van der Waals surface area contributed by atoms with Crippen LogP contribution in [0.3, 0.4) is 0 Å². The molecule has 0 atom stereocenters. The number of carbonyl (C=O) groups excluding carboxylic acids is 1. The Kier molecular flexibility index (Phi) is 6.13. The van der Waals surface area contributed by atoms with Gasteiger partial charge in [0.25, 0.3) is 0 Å². The smallest absolute Gasteiger partial charge is 0.236 e. The molecular formula is C17H15Cl2N5OS. The van der Waals surface area contributed by atoms with Crippen molar-refractivity contribution in [3.05, 3.63) is 52.6 Å². The molecule has 6 nitrogen and oxygen atoms in total. The molecule has 0 spiro atoms. The van der Waals surface area contributed by atoms with E-state index >= 15 is 0 Å². The number of carbonyl (C=O) groups is 1. The predicted molar refractivity (Wildman–Crippen MR) is 105 cm³/mol. The number of rotatable bonds is 6. The standard InChI is InChI=1S/C17H15Cl2N5OS/c1-2-24-16(11-6-4-3-5-7-11)22-23-17(24)26-10-14(25)21-15-13(19)8-12(18)9-20-15/h3-9H,2,10H2,1H3,(H,20,21,25). The zero-order valence-corrected chi connectivity index (χ0v) is 16.1. The summed E-state index contributed by atoms with van der Waals surface area (Å²) in [6.07, 6.45) is 1.43. The lowest BCUT2D eigenvalue weighted by Crippen LogP contribution is -2.16. The second-order valence-corrected chi connectivity index (χ2v) is 7.02. The summed E-state index contributed by atoms with van der Waals surface area (Å²) in [6.45, 7) is 2.71. The van der Waals surface area contributed by atoms with E-state index < -0.39 is 0 Å². The average Bonchev–Trinajstić information content (AvgIpc) is 3.06. The molecule has 0 aliphatic heterocycles. The summed E-state index contributed by atoms with van der Waals surface area (Å²) in [7, 11) is 0. The van der Waals surface area contributed by atoms with Crippen LogP contribution in [-0.4, -0.2) is 31.4 Å². The van der Waals surface area contributed by atoms with Gasteiger partial charge in [-0.05, 0) is 13.0 Å². The van der Waals surface area contributed by atoms with Crippen molar-refractivity contribution in [3.63, 3.8) is 0 Å². The van der Waals surface area contributed by atoms with E-state index in [2.05, 4.69) is 20.5 Å². The third-order valence-electron chi connectivity index (χ3n) is 3.46. The van der Waals surface area contributed by atoms with Gasteiger partial charge in [0.05, 0.1) is 15.8 Å². The molecule has 0 bridgehead atoms. The van der Waals surface area contributed by atoms with Crippen LogP contribution in [0.15, 0.2) is 47.8 Å². The number of nitrogens with zero attached hydrogens (tertiary/aromatic N) is 4. The Morgan fingerprint density at radius 2 is 2.00 bits per heavy atom. The van der Waals surface area contributed by atoms with Crippen LogP contribution in [-0.2, 0) is 11.3 Å². The monoisotopic (exact) mass is 407 g/mol. The third kappa shape index (κ3) is 4.35. The Hall–Kier alpha value is -2.09. The van der Waals surface area contributed by atoms with Gasteiger partial charge in [-0.2, -0.15) is 0 Å². The van der Waals surface area contributed by atoms with Crippen molar-refractivity contribution >= 4 is 46.7 Å². The second kappa shape index (κ2) is 8.53. The van der Waals surface area contributed by atoms with Crippen LogP contribution in [0.1, 0.15) is 6.92 Å². The molecule has 3 rings (SSSR count). The minimum absolute atomic E-state index is 0.160. The van der Waals surface area contributed by atoms with E-state index in [0.29, 0.717) is 21.7 Å². The SMILES string of the molecule is CCn1c(SCC(=O)Nc2ncc(Cl)cc2Cl)nnc1-c1ccccc1. The maximum atomic E-state index is 12.2. The Morgan fingerprint density at radius 1 is 1.23 bits per heavy atom. The molecule has 26 heavy (non-hydrogen) atoms. The van der Waals surface area contributed by atoms with E-state index in [1.165, 1.54) is 24.0 Å². The lowest BCUT2D eigenvalue weighted by molar-refractivity contribution is -0.113. The predicted octanol–water partition coefficient (Wildman–Crippen LogP) is 4.40. The largest absolute Gasteiger partial charge is 0.309 e. The Balaban J connectivity index is 1.68. The number of aromatic nitrogens is 4. The molecule has 3 aromatic rings. The van der Waals surface area contributed by atoms with Gasteiger partial charge >= 0.3 is 0 Å². The molecule has 1 amide bonds. The highest BCUT2D eigenvalue weighted by Gasteiger charge is 2.15. The zero-order valence-electron chi connectivity index (χ0n) is 13.8. The van der Waals surface area contributed by atoms with Gasteiger partial charge in [0.1, 0.15) is 0 Å². The van der Waals surface area contributed by atoms with Crippen LogP contribution in [0, 0.1) is 0 Å². The summed E-state index contributed by atoms with van der Waals surface area (Å²) in [6, 6.07) is 11.3. The highest BCUT2D eigenvalue weighted by molar-refractivity contribution is 7.99. The molecule has 0 radical (unpaired) electrons. The fourth-order valence-corrected chi connectivity index (χ4v) is 3.52. The molecule has 0 saturated heterocycles. The average molecular weight is 408 g/mol. The molecule has 0 unspecified atom stereocenters. The second-order valence-electron chi connectivity index (χ2n) is 5.24. The highest BCUT2D eigenvalue weighted by Crippen LogP contribution is 2.25. The van der Waals surface area contributed by atoms with Crippen molar-refractivity contribution < 1.29 is 4.79 Å². The normalized spacial score (nSPS) is 10.7. The van der Waals surface area contributed by atoms with Crippen molar-refractivity contribution in [1.82, 2.24) is 19.7 Å². The fourth-order valence-electron chi connectivity index (χ4n) is 2.29. The number of benzene rings is 1. The number of halogens is 2. The number of thioether (sulfide) groups is 1. The summed E-state index contributed by atoms with van der Waals surface area (Å²) < 4.78 is 1.97. The first-order valence-corrected chi connectivity index (χ1v) is 9.55. The van der Waals surface area contributed by atoms with Gasteiger partial charge in [-0.1, -0.05) is 65.3 Å². The molecule has 134 valence electrons. The van der Waals surface area contributed by atoms with E-state index in [1.54, 1.807) is 0 Å². The van der Waals surface area contributed by atoms with E-state index in [0.717, 1.165) is 11.4 Å². The van der Waals surface area contributed by atoms with Gasteiger partial charge in [-0.25, -0.2) is 4.98 Å². The number of anilines is 1. The van der Waals surface area contributed by atoms with Crippen LogP contribution in [0.2, 0.25) is 10.0 Å². The Bertz CT molecular complexity index is 917. The van der Waals surface area contributed by atoms with Gasteiger partial charge < -0.3 is 9.88 Å². The van der Waals surface area contributed by atoms with E-state index in [9.17, 15) is 4.79 Å². The molecule has 0 aliphatic rings. The summed E-state index contributed by atoms with van der Waals surface area (Å²) in [5, 5.41) is 12.5. The molecule has 2 heterocycles. The maximum Gasteiger partial charge on any atom is 0.236 e. The van der Waals surface area contributed by atoms with Crippen LogP contribution < -0.4 is 5.32 Å². The van der Waals surface area contributed by atoms with Gasteiger partial charge in [0.15, 0.2) is 16.8 Å². The number of nitrogens with one attached hydrogen (secondary N) is 1. The van der Waals surface area contributed by atoms with Gasteiger partial charge in [0.2, 0.25) is 5.91 Å². The molecule has 0 aliphatic carbocycles. The minimum Gasteiger partial charge on any atom is -0.309 e. The van der Waals surface area contributed by atoms with Crippen LogP contribution in [0.25, 0.3) is 11.4 Å². The summed E-state index contributed by atoms with van der Waals surface area (Å²) >= 11 is 13.1. The first-order valence-electron chi connectivity index (χ1n) is 7.80. The van der Waals surface area contributed by atoms with Gasteiger partial charge in [-0.15, -0.1) is 10.2 Å². The van der Waals surface area contributed by atoms with Crippen LogP contribution >= 0.6 is 35.0 Å². The first-order chi connectivity index (χ1) is 12.6. The van der Waals surface area contributed by atoms with Crippen molar-refractivity contribution in [1.29, 1.82) is 0 Å². The van der Waals surface area contributed by atoms with E-state index in [1.807, 2.05) is 41.8 Å². The molecule has 0 fully saturated rings. The summed E-state index contributed by atoms with van der Waals surface area (Å²) in [5.74, 6) is 0.980. The molecule has 2 aromatic heterocycles. The van der Waals surface area contributed by atoms with Crippen molar-refractivity contribution in [2.45, 2.75) is 18.6 Å². The zero-order chi connectivity index (χ0) is 18.5. The fraction of sp³-hybridized carbons (Fsp3) is 0.176. The highest BCUT2D eigenvalue weighted by atomic mass is 35.5. The molecule has 9 heteroatoms. The number of pyridine rings is 1. The Morgan fingerprint density at radius 3 is 2.69 bits per heavy atom. The van der Waals surface area contributed by atoms with Crippen molar-refractivity contribution in [2.75, 3.05) is 11.1 Å². The van der Waals surface area contributed by atoms with E-state index in [-0.39, 0.29) is 17.5 Å². The maximum absolute atomic E-state index is 12.2. The number of hydrogen-bond donors (Lipinski definition) is 1. The quantitative estimate of drug-likeness (QED) is 0.613. The number of hydrogen-bond acceptors (Lipinski definition) is 5. The van der Waals surface area contributed by atoms with Crippen molar-refractivity contribution in [3.8, 4) is 11.4 Å². The lowest BCUT2D eigenvalue weighted by Gasteiger charge is -2.08. The van der Waals surface area contributed by atoms with E-state index in [4.69, 9.17) is 23.2 Å². The van der Waals surface area contributed by atoms with Crippen LogP contribution in [0.4, 0.5) is 5.82 Å². The van der Waals surface area contributed by atoms with Crippen molar-refractivity contribution in [2.24, 2.45) is 0 Å². The van der Waals surface area contributed by atoms with Gasteiger partial charge in [0, 0.05) is 18.3 Å². The Labute approximate surface area is 164 Å². The van der Waals surface area contributed by atoms with Crippen LogP contribution in [0.5, 0.6) is 0 Å². The van der Waals surface area contributed by atoms with Gasteiger partial charge in [-0.3, -0.25) is 4.79 Å². The summed E-state index contributed by atoms with van der Waals surface area (Å²) in [4.78, 5) is 16.2. The molecular weight excluding hydrogens is 393 g/mol. The molecule has 1 N–H and O–H groups in total. The lowest BCUT2D eigenvalue weighted by atomic mass is 10.2.